The molecule has 1 aromatic carbocycles. The third kappa shape index (κ3) is 3.49. The minimum absolute atomic E-state index is 0.569. The quantitative estimate of drug-likeness (QED) is 0.680. The Hall–Kier alpha value is -0.980. The van der Waals surface area contributed by atoms with Crippen molar-refractivity contribution in [3.05, 3.63) is 29.8 Å². The molecule has 0 aliphatic heterocycles. The van der Waals surface area contributed by atoms with Crippen molar-refractivity contribution in [2.24, 2.45) is 0 Å². The van der Waals surface area contributed by atoms with Crippen molar-refractivity contribution in [2.75, 3.05) is 11.4 Å². The highest BCUT2D eigenvalue weighted by atomic mass is 15.1. The van der Waals surface area contributed by atoms with Gasteiger partial charge >= 0.3 is 0 Å². The molecule has 0 atom stereocenters. The first-order valence-corrected chi connectivity index (χ1v) is 7.00. The monoisotopic (exact) mass is 233 g/mol. The zero-order valence-corrected chi connectivity index (χ0v) is 12.0. The molecule has 17 heavy (non-hydrogen) atoms. The van der Waals surface area contributed by atoms with Gasteiger partial charge in [0.1, 0.15) is 0 Å². The van der Waals surface area contributed by atoms with E-state index in [-0.39, 0.29) is 0 Å². The van der Waals surface area contributed by atoms with Crippen LogP contribution < -0.4 is 4.90 Å². The first-order chi connectivity index (χ1) is 8.13. The molecule has 0 bridgehead atoms. The van der Waals surface area contributed by atoms with Gasteiger partial charge in [0.15, 0.2) is 0 Å². The Morgan fingerprint density at radius 1 is 0.941 bits per heavy atom. The second-order valence-electron chi connectivity index (χ2n) is 4.98. The summed E-state index contributed by atoms with van der Waals surface area (Å²) >= 11 is 0. The zero-order valence-electron chi connectivity index (χ0n) is 12.0. The van der Waals surface area contributed by atoms with Gasteiger partial charge in [0.25, 0.3) is 0 Å². The van der Waals surface area contributed by atoms with E-state index in [0.29, 0.717) is 6.04 Å². The van der Waals surface area contributed by atoms with Crippen LogP contribution in [0, 0.1) is 0 Å². The maximum absolute atomic E-state index is 2.43. The molecule has 0 radical (unpaired) electrons. The Morgan fingerprint density at radius 3 is 1.82 bits per heavy atom. The van der Waals surface area contributed by atoms with Crippen LogP contribution in [0.3, 0.4) is 0 Å². The number of hydrogen-bond donors (Lipinski definition) is 0. The van der Waals surface area contributed by atoms with E-state index in [2.05, 4.69) is 63.8 Å². The first-order valence-electron chi connectivity index (χ1n) is 7.00. The highest BCUT2D eigenvalue weighted by molar-refractivity contribution is 5.48. The van der Waals surface area contributed by atoms with Crippen LogP contribution in [0.25, 0.3) is 0 Å². The lowest BCUT2D eigenvalue weighted by molar-refractivity contribution is 0.641. The van der Waals surface area contributed by atoms with Crippen LogP contribution in [0.2, 0.25) is 0 Å². The maximum atomic E-state index is 2.43. The lowest BCUT2D eigenvalue weighted by atomic mass is 9.94. The lowest BCUT2D eigenvalue weighted by Gasteiger charge is -2.28. The van der Waals surface area contributed by atoms with Gasteiger partial charge in [0, 0.05) is 18.3 Å². The second-order valence-corrected chi connectivity index (χ2v) is 4.98. The van der Waals surface area contributed by atoms with Gasteiger partial charge in [-0.15, -0.1) is 0 Å². The second kappa shape index (κ2) is 6.68. The van der Waals surface area contributed by atoms with Crippen molar-refractivity contribution >= 4 is 5.69 Å². The molecule has 0 saturated carbocycles. The summed E-state index contributed by atoms with van der Waals surface area (Å²) in [5.41, 5.74) is 2.83. The molecule has 0 aromatic heterocycles. The molecule has 0 spiro atoms. The van der Waals surface area contributed by atoms with E-state index in [1.165, 1.54) is 24.1 Å². The largest absolute Gasteiger partial charge is 0.369 e. The molecule has 1 nitrogen and oxygen atoms in total. The van der Waals surface area contributed by atoms with E-state index in [1.54, 1.807) is 0 Å². The SMILES string of the molecule is CCC(CC)c1ccc(N(CC)C(C)C)cc1. The van der Waals surface area contributed by atoms with Gasteiger partial charge in [-0.3, -0.25) is 0 Å². The summed E-state index contributed by atoms with van der Waals surface area (Å²) in [6.45, 7) is 12.3. The normalized spacial score (nSPS) is 11.2. The maximum Gasteiger partial charge on any atom is 0.0368 e. The van der Waals surface area contributed by atoms with Crippen LogP contribution in [-0.4, -0.2) is 12.6 Å². The minimum atomic E-state index is 0.569. The van der Waals surface area contributed by atoms with Crippen LogP contribution in [0.15, 0.2) is 24.3 Å². The fraction of sp³-hybridized carbons (Fsp3) is 0.625. The third-order valence-electron chi connectivity index (χ3n) is 3.65. The molecular formula is C16H27N. The van der Waals surface area contributed by atoms with E-state index in [1.807, 2.05) is 0 Å². The Kier molecular flexibility index (Phi) is 5.54. The van der Waals surface area contributed by atoms with Crippen molar-refractivity contribution in [1.29, 1.82) is 0 Å². The van der Waals surface area contributed by atoms with Crippen molar-refractivity contribution in [2.45, 2.75) is 59.4 Å². The zero-order chi connectivity index (χ0) is 12.8. The fourth-order valence-corrected chi connectivity index (χ4v) is 2.54. The lowest BCUT2D eigenvalue weighted by Crippen LogP contribution is -2.30. The van der Waals surface area contributed by atoms with Gasteiger partial charge in [-0.2, -0.15) is 0 Å². The minimum Gasteiger partial charge on any atom is -0.369 e. The van der Waals surface area contributed by atoms with Gasteiger partial charge in [-0.05, 0) is 57.2 Å². The Bertz CT molecular complexity index is 309. The molecule has 96 valence electrons. The van der Waals surface area contributed by atoms with Gasteiger partial charge < -0.3 is 4.90 Å². The van der Waals surface area contributed by atoms with Crippen molar-refractivity contribution in [3.8, 4) is 0 Å². The molecule has 1 heteroatoms. The number of nitrogens with zero attached hydrogens (tertiary/aromatic N) is 1. The van der Waals surface area contributed by atoms with Gasteiger partial charge in [0.05, 0.1) is 0 Å². The number of rotatable bonds is 6. The summed E-state index contributed by atoms with van der Waals surface area (Å²) in [4.78, 5) is 2.43. The van der Waals surface area contributed by atoms with Crippen LogP contribution >= 0.6 is 0 Å². The topological polar surface area (TPSA) is 3.24 Å². The van der Waals surface area contributed by atoms with E-state index in [4.69, 9.17) is 0 Å². The van der Waals surface area contributed by atoms with Gasteiger partial charge in [0.2, 0.25) is 0 Å². The summed E-state index contributed by atoms with van der Waals surface area (Å²) in [6, 6.07) is 9.73. The average molecular weight is 233 g/mol. The highest BCUT2D eigenvalue weighted by Gasteiger charge is 2.10. The molecule has 1 rings (SSSR count). The van der Waals surface area contributed by atoms with Crippen molar-refractivity contribution in [1.82, 2.24) is 0 Å². The molecule has 0 aliphatic carbocycles. The predicted octanol–water partition coefficient (Wildman–Crippen LogP) is 4.82. The number of hydrogen-bond acceptors (Lipinski definition) is 1. The van der Waals surface area contributed by atoms with Crippen LogP contribution in [0.1, 0.15) is 58.9 Å². The Balaban J connectivity index is 2.86. The molecule has 0 unspecified atom stereocenters. The molecule has 0 amide bonds. The summed E-state index contributed by atoms with van der Waals surface area (Å²) in [7, 11) is 0. The van der Waals surface area contributed by atoms with Gasteiger partial charge in [-0.25, -0.2) is 0 Å². The number of anilines is 1. The summed E-state index contributed by atoms with van der Waals surface area (Å²) < 4.78 is 0. The summed E-state index contributed by atoms with van der Waals surface area (Å²) in [5, 5.41) is 0. The van der Waals surface area contributed by atoms with Crippen LogP contribution in [0.4, 0.5) is 5.69 Å². The summed E-state index contributed by atoms with van der Waals surface area (Å²) in [5.74, 6) is 0.721. The number of benzene rings is 1. The molecule has 0 N–H and O–H groups in total. The van der Waals surface area contributed by atoms with Gasteiger partial charge in [-0.1, -0.05) is 26.0 Å². The van der Waals surface area contributed by atoms with Crippen LogP contribution in [0.5, 0.6) is 0 Å². The fourth-order valence-electron chi connectivity index (χ4n) is 2.54. The third-order valence-corrected chi connectivity index (χ3v) is 3.65. The molecule has 1 aromatic rings. The van der Waals surface area contributed by atoms with Crippen LogP contribution in [-0.2, 0) is 0 Å². The molecular weight excluding hydrogens is 206 g/mol. The predicted molar refractivity (Wildman–Crippen MR) is 77.9 cm³/mol. The van der Waals surface area contributed by atoms with Crippen molar-refractivity contribution in [3.63, 3.8) is 0 Å². The standard InChI is InChI=1S/C16H27N/c1-6-14(7-2)15-9-11-16(12-10-15)17(8-3)13(4)5/h9-14H,6-8H2,1-5H3. The van der Waals surface area contributed by atoms with E-state index < -0.39 is 0 Å². The summed E-state index contributed by atoms with van der Waals surface area (Å²) in [6.07, 6.45) is 2.47. The molecule has 0 aliphatic rings. The van der Waals surface area contributed by atoms with Crippen molar-refractivity contribution < 1.29 is 0 Å². The first kappa shape index (κ1) is 14.1. The van der Waals surface area contributed by atoms with E-state index in [9.17, 15) is 0 Å². The Labute approximate surface area is 107 Å². The molecule has 0 heterocycles. The average Bonchev–Trinajstić information content (AvgIpc) is 2.33. The van der Waals surface area contributed by atoms with E-state index >= 15 is 0 Å². The van der Waals surface area contributed by atoms with E-state index in [0.717, 1.165) is 12.5 Å². The highest BCUT2D eigenvalue weighted by Crippen LogP contribution is 2.25. The Morgan fingerprint density at radius 2 is 1.47 bits per heavy atom. The molecule has 0 fully saturated rings. The molecule has 0 saturated heterocycles. The smallest absolute Gasteiger partial charge is 0.0368 e.